The second-order valence-corrected chi connectivity index (χ2v) is 9.94. The molecule has 0 amide bonds. The van der Waals surface area contributed by atoms with Gasteiger partial charge in [-0.25, -0.2) is 8.42 Å². The third-order valence-electron chi connectivity index (χ3n) is 3.97. The molecular weight excluding hydrogens is 320 g/mol. The first-order valence-electron chi connectivity index (χ1n) is 8.44. The first-order chi connectivity index (χ1) is 10.3. The van der Waals surface area contributed by atoms with Gasteiger partial charge in [-0.3, -0.25) is 4.79 Å². The first kappa shape index (κ1) is 21.9. The second-order valence-electron chi connectivity index (χ2n) is 5.75. The van der Waals surface area contributed by atoms with Gasteiger partial charge in [0, 0.05) is 11.7 Å². The Balaban J connectivity index is 0.000000472. The minimum absolute atomic E-state index is 0.219. The molecule has 0 aromatic rings. The second kappa shape index (κ2) is 12.4. The average Bonchev–Trinajstić information content (AvgIpc) is 2.51. The number of hydrogen-bond acceptors (Lipinski definition) is 4. The Hall–Kier alpha value is -0.0700. The molecule has 22 heavy (non-hydrogen) atoms. The maximum atomic E-state index is 11.9. The Labute approximate surface area is 139 Å². The molecule has 4 nitrogen and oxygen atoms in total. The zero-order valence-electron chi connectivity index (χ0n) is 14.3. The van der Waals surface area contributed by atoms with Gasteiger partial charge in [0.15, 0.2) is 11.5 Å². The van der Waals surface area contributed by atoms with E-state index in [0.717, 1.165) is 12.2 Å². The molecule has 1 saturated carbocycles. The molecular formula is C16H32O4S2. The van der Waals surface area contributed by atoms with Crippen LogP contribution in [-0.2, 0) is 25.8 Å². The molecule has 1 aliphatic rings. The molecule has 0 bridgehead atoms. The lowest BCUT2D eigenvalue weighted by atomic mass is 9.87. The summed E-state index contributed by atoms with van der Waals surface area (Å²) >= 11 is 0. The van der Waals surface area contributed by atoms with Crippen molar-refractivity contribution < 1.29 is 17.8 Å². The quantitative estimate of drug-likeness (QED) is 0.497. The minimum Gasteiger partial charge on any atom is -0.748 e. The molecule has 0 aromatic heterocycles. The van der Waals surface area contributed by atoms with Gasteiger partial charge in [-0.1, -0.05) is 32.6 Å². The number of carbonyl (C=O) groups is 1. The van der Waals surface area contributed by atoms with E-state index in [4.69, 9.17) is 0 Å². The van der Waals surface area contributed by atoms with Crippen molar-refractivity contribution in [2.75, 3.05) is 23.0 Å². The molecule has 1 fully saturated rings. The van der Waals surface area contributed by atoms with E-state index in [9.17, 15) is 17.8 Å². The van der Waals surface area contributed by atoms with E-state index >= 15 is 0 Å². The standard InChI is InChI=1S/C12H23OS.C4H10O3S/c1-3-14(4-2)10-12(13)11-8-6-5-7-9-11;1-2-3-4-8(5,6)7/h11H,3-10H2,1-2H3;2-4H2,1H3,(H,5,6,7)/q+1;/p-1. The highest BCUT2D eigenvalue weighted by atomic mass is 32.2. The Morgan fingerprint density at radius 2 is 1.64 bits per heavy atom. The zero-order valence-corrected chi connectivity index (χ0v) is 15.9. The molecule has 1 rings (SSSR count). The van der Waals surface area contributed by atoms with Crippen LogP contribution in [0.4, 0.5) is 0 Å². The largest absolute Gasteiger partial charge is 0.748 e. The van der Waals surface area contributed by atoms with Crippen molar-refractivity contribution in [3.63, 3.8) is 0 Å². The summed E-state index contributed by atoms with van der Waals surface area (Å²) in [4.78, 5) is 11.9. The summed E-state index contributed by atoms with van der Waals surface area (Å²) in [6.45, 7) is 6.26. The van der Waals surface area contributed by atoms with E-state index in [2.05, 4.69) is 13.8 Å². The highest BCUT2D eigenvalue weighted by molar-refractivity contribution is 7.97. The number of Topliss-reactive ketones (excluding diaryl/α,β-unsaturated/α-hetero) is 1. The number of hydrogen-bond donors (Lipinski definition) is 0. The maximum absolute atomic E-state index is 11.9. The molecule has 0 spiro atoms. The normalized spacial score (nSPS) is 16.2. The van der Waals surface area contributed by atoms with Gasteiger partial charge in [0.1, 0.15) is 11.5 Å². The summed E-state index contributed by atoms with van der Waals surface area (Å²) < 4.78 is 29.5. The lowest BCUT2D eigenvalue weighted by Gasteiger charge is -2.19. The summed E-state index contributed by atoms with van der Waals surface area (Å²) in [6, 6.07) is 0. The van der Waals surface area contributed by atoms with Gasteiger partial charge >= 0.3 is 0 Å². The molecule has 6 heteroatoms. The Bertz CT molecular complexity index is 383. The fourth-order valence-electron chi connectivity index (χ4n) is 2.47. The van der Waals surface area contributed by atoms with Crippen LogP contribution in [0.5, 0.6) is 0 Å². The van der Waals surface area contributed by atoms with E-state index in [1.54, 1.807) is 0 Å². The van der Waals surface area contributed by atoms with Crippen molar-refractivity contribution in [1.29, 1.82) is 0 Å². The van der Waals surface area contributed by atoms with Crippen molar-refractivity contribution in [3.05, 3.63) is 0 Å². The monoisotopic (exact) mass is 352 g/mol. The van der Waals surface area contributed by atoms with Crippen LogP contribution in [0.1, 0.15) is 65.7 Å². The summed E-state index contributed by atoms with van der Waals surface area (Å²) in [7, 11) is -3.56. The molecule has 0 heterocycles. The molecule has 0 unspecified atom stereocenters. The van der Waals surface area contributed by atoms with E-state index < -0.39 is 10.1 Å². The predicted octanol–water partition coefficient (Wildman–Crippen LogP) is 3.13. The van der Waals surface area contributed by atoms with E-state index in [0.29, 0.717) is 29.0 Å². The van der Waals surface area contributed by atoms with Gasteiger partial charge in [-0.15, -0.1) is 0 Å². The summed E-state index contributed by atoms with van der Waals surface area (Å²) in [6.07, 6.45) is 7.47. The van der Waals surface area contributed by atoms with Gasteiger partial charge < -0.3 is 4.55 Å². The van der Waals surface area contributed by atoms with Gasteiger partial charge in [0.2, 0.25) is 0 Å². The zero-order chi connectivity index (χ0) is 17.0. The fraction of sp³-hybridized carbons (Fsp3) is 0.938. The molecule has 0 aliphatic heterocycles. The van der Waals surface area contributed by atoms with E-state index in [-0.39, 0.29) is 5.75 Å². The topological polar surface area (TPSA) is 74.3 Å². The summed E-state index contributed by atoms with van der Waals surface area (Å²) in [5, 5.41) is 0. The van der Waals surface area contributed by atoms with Gasteiger partial charge in [-0.05, 0) is 44.0 Å². The Morgan fingerprint density at radius 3 is 2.00 bits per heavy atom. The number of rotatable bonds is 8. The third-order valence-corrected chi connectivity index (χ3v) is 7.09. The van der Waals surface area contributed by atoms with Crippen molar-refractivity contribution >= 4 is 26.8 Å². The lowest BCUT2D eigenvalue weighted by molar-refractivity contribution is -0.121. The van der Waals surface area contributed by atoms with Crippen LogP contribution in [0.2, 0.25) is 0 Å². The highest BCUT2D eigenvalue weighted by Crippen LogP contribution is 2.24. The Kier molecular flexibility index (Phi) is 12.3. The molecule has 0 radical (unpaired) electrons. The van der Waals surface area contributed by atoms with Crippen LogP contribution in [0.15, 0.2) is 0 Å². The summed E-state index contributed by atoms with van der Waals surface area (Å²) in [5.41, 5.74) is 0. The average molecular weight is 353 g/mol. The smallest absolute Gasteiger partial charge is 0.184 e. The van der Waals surface area contributed by atoms with Crippen LogP contribution in [0.25, 0.3) is 0 Å². The minimum atomic E-state index is -3.94. The number of unbranched alkanes of at least 4 members (excludes halogenated alkanes) is 1. The molecule has 0 N–H and O–H groups in total. The van der Waals surface area contributed by atoms with Crippen LogP contribution < -0.4 is 0 Å². The molecule has 132 valence electrons. The highest BCUT2D eigenvalue weighted by Gasteiger charge is 2.26. The molecule has 0 atom stereocenters. The van der Waals surface area contributed by atoms with Crippen molar-refractivity contribution in [2.45, 2.75) is 65.7 Å². The SMILES string of the molecule is CCCCS(=O)(=O)[O-].CC[S+](CC)CC(=O)C1CCCCC1. The van der Waals surface area contributed by atoms with Crippen LogP contribution >= 0.6 is 0 Å². The number of carbonyl (C=O) groups excluding carboxylic acids is 1. The van der Waals surface area contributed by atoms with Gasteiger partial charge in [0.05, 0.1) is 10.1 Å². The molecule has 0 saturated heterocycles. The van der Waals surface area contributed by atoms with Crippen molar-refractivity contribution in [2.24, 2.45) is 5.92 Å². The molecule has 1 aliphatic carbocycles. The predicted molar refractivity (Wildman–Crippen MR) is 94.4 cm³/mol. The van der Waals surface area contributed by atoms with E-state index in [1.807, 2.05) is 6.92 Å². The van der Waals surface area contributed by atoms with Crippen LogP contribution in [-0.4, -0.2) is 41.8 Å². The summed E-state index contributed by atoms with van der Waals surface area (Å²) in [5.74, 6) is 4.03. The first-order valence-corrected chi connectivity index (χ1v) is 11.7. The van der Waals surface area contributed by atoms with Gasteiger partial charge in [-0.2, -0.15) is 0 Å². The van der Waals surface area contributed by atoms with Crippen LogP contribution in [0.3, 0.4) is 0 Å². The van der Waals surface area contributed by atoms with Crippen LogP contribution in [0, 0.1) is 5.92 Å². The van der Waals surface area contributed by atoms with Crippen molar-refractivity contribution in [1.82, 2.24) is 0 Å². The fourth-order valence-corrected chi connectivity index (χ4v) is 4.57. The molecule has 0 aromatic carbocycles. The van der Waals surface area contributed by atoms with Gasteiger partial charge in [0.25, 0.3) is 0 Å². The maximum Gasteiger partial charge on any atom is 0.184 e. The third kappa shape index (κ3) is 11.5. The van der Waals surface area contributed by atoms with Crippen molar-refractivity contribution in [3.8, 4) is 0 Å². The Morgan fingerprint density at radius 1 is 1.09 bits per heavy atom. The lowest BCUT2D eigenvalue weighted by Crippen LogP contribution is -2.27. The van der Waals surface area contributed by atoms with E-state index in [1.165, 1.54) is 43.6 Å². The number of ketones is 1.